The van der Waals surface area contributed by atoms with Crippen LogP contribution in [0.25, 0.3) is 0 Å². The van der Waals surface area contributed by atoms with Gasteiger partial charge in [0.25, 0.3) is 0 Å². The first-order valence-electron chi connectivity index (χ1n) is 8.69. The second kappa shape index (κ2) is 6.70. The van der Waals surface area contributed by atoms with Crippen LogP contribution in [0.15, 0.2) is 35.0 Å². The molecule has 3 amide bonds. The van der Waals surface area contributed by atoms with Crippen molar-refractivity contribution in [3.05, 3.63) is 35.9 Å². The minimum absolute atomic E-state index is 0.00808. The van der Waals surface area contributed by atoms with Gasteiger partial charge in [-0.2, -0.15) is 0 Å². The molecule has 1 N–H and O–H groups in total. The number of anilines is 2. The van der Waals surface area contributed by atoms with Crippen molar-refractivity contribution in [2.45, 2.75) is 32.1 Å². The molecule has 0 bridgehead atoms. The van der Waals surface area contributed by atoms with Gasteiger partial charge in [0.15, 0.2) is 0 Å². The van der Waals surface area contributed by atoms with Gasteiger partial charge in [0.1, 0.15) is 0 Å². The van der Waals surface area contributed by atoms with E-state index in [0.717, 1.165) is 23.3 Å². The lowest BCUT2D eigenvalue weighted by molar-refractivity contribution is -0.122. The SMILES string of the molecule is O=C(Cc1ccccc1)Nc1nonc1N1C(=O)[C@H]2CCCC[C@@H]2C1=O. The highest BCUT2D eigenvalue weighted by Gasteiger charge is 2.50. The third-order valence-corrected chi connectivity index (χ3v) is 4.99. The van der Waals surface area contributed by atoms with Crippen LogP contribution < -0.4 is 10.2 Å². The van der Waals surface area contributed by atoms with Crippen LogP contribution in [-0.4, -0.2) is 28.0 Å². The molecule has 1 saturated heterocycles. The van der Waals surface area contributed by atoms with Crippen LogP contribution in [0.4, 0.5) is 11.6 Å². The molecular formula is C18H18N4O4. The summed E-state index contributed by atoms with van der Waals surface area (Å²) in [6, 6.07) is 9.22. The molecule has 8 nitrogen and oxygen atoms in total. The topological polar surface area (TPSA) is 105 Å². The Morgan fingerprint density at radius 3 is 2.38 bits per heavy atom. The van der Waals surface area contributed by atoms with Crippen molar-refractivity contribution in [3.8, 4) is 0 Å². The summed E-state index contributed by atoms with van der Waals surface area (Å²) in [4.78, 5) is 38.6. The van der Waals surface area contributed by atoms with E-state index in [0.29, 0.717) is 12.8 Å². The molecule has 0 unspecified atom stereocenters. The average Bonchev–Trinajstić information content (AvgIpc) is 3.19. The Morgan fingerprint density at radius 1 is 1.08 bits per heavy atom. The van der Waals surface area contributed by atoms with Crippen LogP contribution in [0.1, 0.15) is 31.2 Å². The van der Waals surface area contributed by atoms with E-state index in [9.17, 15) is 14.4 Å². The highest BCUT2D eigenvalue weighted by atomic mass is 16.6. The molecule has 2 fully saturated rings. The van der Waals surface area contributed by atoms with Gasteiger partial charge >= 0.3 is 0 Å². The number of carbonyl (C=O) groups is 3. The molecule has 26 heavy (non-hydrogen) atoms. The van der Waals surface area contributed by atoms with E-state index in [1.807, 2.05) is 30.3 Å². The van der Waals surface area contributed by atoms with Gasteiger partial charge in [0.05, 0.1) is 18.3 Å². The standard InChI is InChI=1S/C18H18N4O4/c23-14(10-11-6-2-1-3-7-11)19-15-16(21-26-20-15)22-17(24)12-8-4-5-9-13(12)18(22)25/h1-3,6-7,12-13H,4-5,8-10H2,(H,19,20,23)/t12-,13-/m0/s1. The zero-order valence-electron chi connectivity index (χ0n) is 14.1. The molecule has 134 valence electrons. The first-order valence-corrected chi connectivity index (χ1v) is 8.69. The van der Waals surface area contributed by atoms with Gasteiger partial charge in [-0.1, -0.05) is 43.2 Å². The van der Waals surface area contributed by atoms with Gasteiger partial charge < -0.3 is 5.32 Å². The molecule has 1 saturated carbocycles. The number of nitrogens with zero attached hydrogens (tertiary/aromatic N) is 3. The molecule has 1 aromatic heterocycles. The number of benzene rings is 1. The maximum atomic E-state index is 12.7. The van der Waals surface area contributed by atoms with Crippen molar-refractivity contribution in [2.24, 2.45) is 11.8 Å². The molecule has 2 heterocycles. The van der Waals surface area contributed by atoms with Crippen LogP contribution in [-0.2, 0) is 20.8 Å². The van der Waals surface area contributed by atoms with Crippen LogP contribution in [0, 0.1) is 11.8 Å². The van der Waals surface area contributed by atoms with Gasteiger partial charge in [-0.25, -0.2) is 9.53 Å². The number of amides is 3. The number of rotatable bonds is 4. The molecule has 0 radical (unpaired) electrons. The maximum Gasteiger partial charge on any atom is 0.239 e. The molecule has 2 aromatic rings. The number of hydrogen-bond donors (Lipinski definition) is 1. The summed E-state index contributed by atoms with van der Waals surface area (Å²) in [5.41, 5.74) is 0.836. The summed E-state index contributed by atoms with van der Waals surface area (Å²) >= 11 is 0. The average molecular weight is 354 g/mol. The first-order chi connectivity index (χ1) is 12.6. The van der Waals surface area contributed by atoms with E-state index in [4.69, 9.17) is 4.63 Å². The number of hydrogen-bond acceptors (Lipinski definition) is 6. The predicted octanol–water partition coefficient (Wildman–Crippen LogP) is 1.93. The fourth-order valence-corrected chi connectivity index (χ4v) is 3.74. The van der Waals surface area contributed by atoms with Gasteiger partial charge in [0.2, 0.25) is 29.4 Å². The fourth-order valence-electron chi connectivity index (χ4n) is 3.74. The Morgan fingerprint density at radius 2 is 1.73 bits per heavy atom. The summed E-state index contributed by atoms with van der Waals surface area (Å²) < 4.78 is 4.70. The van der Waals surface area contributed by atoms with Crippen LogP contribution in [0.3, 0.4) is 0 Å². The molecule has 8 heteroatoms. The quantitative estimate of drug-likeness (QED) is 0.841. The van der Waals surface area contributed by atoms with Gasteiger partial charge in [0, 0.05) is 0 Å². The van der Waals surface area contributed by atoms with Crippen molar-refractivity contribution in [1.29, 1.82) is 0 Å². The van der Waals surface area contributed by atoms with Gasteiger partial charge in [-0.3, -0.25) is 14.4 Å². The highest BCUT2D eigenvalue weighted by molar-refractivity contribution is 6.22. The minimum Gasteiger partial charge on any atom is -0.304 e. The zero-order valence-corrected chi connectivity index (χ0v) is 14.1. The zero-order chi connectivity index (χ0) is 18.1. The maximum absolute atomic E-state index is 12.7. The Hall–Kier alpha value is -3.03. The lowest BCUT2D eigenvalue weighted by atomic mass is 9.81. The predicted molar refractivity (Wildman–Crippen MR) is 91.0 cm³/mol. The summed E-state index contributed by atoms with van der Waals surface area (Å²) in [6.45, 7) is 0. The van der Waals surface area contributed by atoms with E-state index in [-0.39, 0.29) is 47.6 Å². The molecule has 2 aliphatic rings. The van der Waals surface area contributed by atoms with E-state index >= 15 is 0 Å². The monoisotopic (exact) mass is 354 g/mol. The molecule has 4 rings (SSSR count). The number of imide groups is 1. The normalized spacial score (nSPS) is 22.4. The molecule has 1 aliphatic carbocycles. The van der Waals surface area contributed by atoms with E-state index in [2.05, 4.69) is 15.6 Å². The summed E-state index contributed by atoms with van der Waals surface area (Å²) in [7, 11) is 0. The van der Waals surface area contributed by atoms with Crippen molar-refractivity contribution in [1.82, 2.24) is 10.3 Å². The smallest absolute Gasteiger partial charge is 0.239 e. The van der Waals surface area contributed by atoms with Crippen molar-refractivity contribution in [2.75, 3.05) is 10.2 Å². The number of fused-ring (bicyclic) bond motifs is 1. The largest absolute Gasteiger partial charge is 0.304 e. The highest BCUT2D eigenvalue weighted by Crippen LogP contribution is 2.40. The third kappa shape index (κ3) is 2.87. The lowest BCUT2D eigenvalue weighted by Gasteiger charge is -2.19. The van der Waals surface area contributed by atoms with Gasteiger partial charge in [-0.05, 0) is 28.7 Å². The number of nitrogens with one attached hydrogen (secondary N) is 1. The number of aromatic nitrogens is 2. The summed E-state index contributed by atoms with van der Waals surface area (Å²) in [5.74, 6) is -1.55. The van der Waals surface area contributed by atoms with Crippen LogP contribution >= 0.6 is 0 Å². The van der Waals surface area contributed by atoms with Crippen LogP contribution in [0.5, 0.6) is 0 Å². The second-order valence-corrected chi connectivity index (χ2v) is 6.66. The Labute approximate surface area is 149 Å². The molecule has 2 atom stereocenters. The third-order valence-electron chi connectivity index (χ3n) is 4.99. The van der Waals surface area contributed by atoms with Gasteiger partial charge in [-0.15, -0.1) is 0 Å². The minimum atomic E-state index is -0.329. The Balaban J connectivity index is 1.52. The first kappa shape index (κ1) is 16.4. The Kier molecular flexibility index (Phi) is 4.24. The molecule has 1 aliphatic heterocycles. The van der Waals surface area contributed by atoms with Crippen molar-refractivity contribution < 1.29 is 19.0 Å². The van der Waals surface area contributed by atoms with E-state index in [1.54, 1.807) is 0 Å². The molecule has 1 aromatic carbocycles. The molecular weight excluding hydrogens is 336 g/mol. The number of carbonyl (C=O) groups excluding carboxylic acids is 3. The van der Waals surface area contributed by atoms with Crippen molar-refractivity contribution in [3.63, 3.8) is 0 Å². The van der Waals surface area contributed by atoms with E-state index in [1.165, 1.54) is 0 Å². The fraction of sp³-hybridized carbons (Fsp3) is 0.389. The van der Waals surface area contributed by atoms with Crippen molar-refractivity contribution >= 4 is 29.4 Å². The summed E-state index contributed by atoms with van der Waals surface area (Å²) in [6.07, 6.45) is 3.41. The second-order valence-electron chi connectivity index (χ2n) is 6.66. The Bertz CT molecular complexity index is 824. The molecule has 0 spiro atoms. The summed E-state index contributed by atoms with van der Waals surface area (Å²) in [5, 5.41) is 9.95. The van der Waals surface area contributed by atoms with Crippen LogP contribution in [0.2, 0.25) is 0 Å². The van der Waals surface area contributed by atoms with E-state index < -0.39 is 0 Å². The lowest BCUT2D eigenvalue weighted by Crippen LogP contribution is -2.32.